The molecule has 1 atom stereocenters. The van der Waals surface area contributed by atoms with Crippen molar-refractivity contribution in [2.75, 3.05) is 6.54 Å². The minimum absolute atomic E-state index is 0.0439. The smallest absolute Gasteiger partial charge is 0.303 e. The molecule has 31 heavy (non-hydrogen) atoms. The predicted molar refractivity (Wildman–Crippen MR) is 121 cm³/mol. The van der Waals surface area contributed by atoms with Gasteiger partial charge in [-0.1, -0.05) is 67.6 Å². The van der Waals surface area contributed by atoms with Gasteiger partial charge in [-0.2, -0.15) is 0 Å². The summed E-state index contributed by atoms with van der Waals surface area (Å²) >= 11 is 0. The Morgan fingerprint density at radius 2 is 1.55 bits per heavy atom. The van der Waals surface area contributed by atoms with Gasteiger partial charge >= 0.3 is 5.97 Å². The van der Waals surface area contributed by atoms with Crippen molar-refractivity contribution >= 4 is 11.9 Å². The molecule has 3 aromatic carbocycles. The summed E-state index contributed by atoms with van der Waals surface area (Å²) in [6.07, 6.45) is 1.22. The molecule has 5 nitrogen and oxygen atoms in total. The van der Waals surface area contributed by atoms with Crippen molar-refractivity contribution in [2.45, 2.75) is 32.1 Å². The van der Waals surface area contributed by atoms with Crippen LogP contribution in [0.3, 0.4) is 0 Å². The van der Waals surface area contributed by atoms with Crippen LogP contribution in [0, 0.1) is 0 Å². The number of aryl methyl sites for hydroxylation is 1. The summed E-state index contributed by atoms with van der Waals surface area (Å²) in [6.45, 7) is 2.52. The maximum atomic E-state index is 12.7. The third-order valence-electron chi connectivity index (χ3n) is 5.30. The van der Waals surface area contributed by atoms with Crippen molar-refractivity contribution in [3.63, 3.8) is 0 Å². The van der Waals surface area contributed by atoms with Crippen LogP contribution in [0.15, 0.2) is 72.8 Å². The summed E-state index contributed by atoms with van der Waals surface area (Å²) in [4.78, 5) is 23.4. The van der Waals surface area contributed by atoms with Crippen LogP contribution >= 0.6 is 0 Å². The average molecular weight is 418 g/mol. The van der Waals surface area contributed by atoms with E-state index in [2.05, 4.69) is 5.32 Å². The fourth-order valence-electron chi connectivity index (χ4n) is 3.43. The van der Waals surface area contributed by atoms with E-state index < -0.39 is 5.97 Å². The quantitative estimate of drug-likeness (QED) is 0.477. The number of carboxylic acid groups (broad SMARTS) is 1. The molecule has 0 saturated heterocycles. The molecule has 0 heterocycles. The molecule has 3 aromatic rings. The highest BCUT2D eigenvalue weighted by atomic mass is 16.4. The van der Waals surface area contributed by atoms with E-state index >= 15 is 0 Å². The molecule has 1 amide bonds. The summed E-state index contributed by atoms with van der Waals surface area (Å²) in [7, 11) is 0. The highest BCUT2D eigenvalue weighted by Gasteiger charge is 2.14. The third-order valence-corrected chi connectivity index (χ3v) is 5.30. The van der Waals surface area contributed by atoms with Gasteiger partial charge in [0.2, 0.25) is 0 Å². The van der Waals surface area contributed by atoms with Gasteiger partial charge in [-0.15, -0.1) is 0 Å². The second kappa shape index (κ2) is 10.4. The van der Waals surface area contributed by atoms with Gasteiger partial charge in [0, 0.05) is 13.0 Å². The molecular formula is C26H27NO4. The van der Waals surface area contributed by atoms with Crippen molar-refractivity contribution in [2.24, 2.45) is 0 Å². The Morgan fingerprint density at radius 1 is 0.903 bits per heavy atom. The van der Waals surface area contributed by atoms with Crippen LogP contribution < -0.4 is 5.32 Å². The molecule has 0 aliphatic carbocycles. The number of phenols is 1. The minimum atomic E-state index is -0.808. The molecule has 0 fully saturated rings. The highest BCUT2D eigenvalue weighted by Crippen LogP contribution is 2.21. The van der Waals surface area contributed by atoms with Crippen LogP contribution in [0.25, 0.3) is 0 Å². The Kier molecular flexibility index (Phi) is 7.44. The number of hydrogen-bond donors (Lipinski definition) is 3. The molecule has 0 bridgehead atoms. The van der Waals surface area contributed by atoms with Gasteiger partial charge in [-0.25, -0.2) is 0 Å². The second-order valence-corrected chi connectivity index (χ2v) is 7.76. The van der Waals surface area contributed by atoms with Gasteiger partial charge in [0.25, 0.3) is 5.91 Å². The van der Waals surface area contributed by atoms with Crippen molar-refractivity contribution < 1.29 is 19.8 Å². The maximum absolute atomic E-state index is 12.7. The zero-order valence-corrected chi connectivity index (χ0v) is 17.5. The largest absolute Gasteiger partial charge is 0.507 e. The molecular weight excluding hydrogens is 390 g/mol. The first kappa shape index (κ1) is 22.1. The minimum Gasteiger partial charge on any atom is -0.507 e. The topological polar surface area (TPSA) is 86.6 Å². The summed E-state index contributed by atoms with van der Waals surface area (Å²) in [5.74, 6) is -0.990. The Morgan fingerprint density at radius 3 is 2.23 bits per heavy atom. The van der Waals surface area contributed by atoms with Crippen LogP contribution in [0.1, 0.15) is 51.9 Å². The SMILES string of the molecule is CC(CNC(=O)c1cc(Cc2ccc(CCC(=O)O)cc2)ccc1O)c1ccccc1. The van der Waals surface area contributed by atoms with Crippen LogP contribution in [0.5, 0.6) is 5.75 Å². The van der Waals surface area contributed by atoms with Crippen molar-refractivity contribution in [1.82, 2.24) is 5.32 Å². The number of rotatable bonds is 9. The van der Waals surface area contributed by atoms with Gasteiger partial charge in [0.15, 0.2) is 0 Å². The third kappa shape index (κ3) is 6.44. The summed E-state index contributed by atoms with van der Waals surface area (Å²) in [5.41, 5.74) is 4.35. The fourth-order valence-corrected chi connectivity index (χ4v) is 3.43. The number of benzene rings is 3. The van der Waals surface area contributed by atoms with E-state index in [0.29, 0.717) is 19.4 Å². The Hall–Kier alpha value is -3.60. The van der Waals surface area contributed by atoms with E-state index in [1.165, 1.54) is 0 Å². The van der Waals surface area contributed by atoms with Gasteiger partial charge in [-0.05, 0) is 53.1 Å². The van der Waals surface area contributed by atoms with Crippen LogP contribution in [0.2, 0.25) is 0 Å². The van der Waals surface area contributed by atoms with Gasteiger partial charge in [-0.3, -0.25) is 9.59 Å². The van der Waals surface area contributed by atoms with Crippen molar-refractivity contribution in [3.05, 3.63) is 101 Å². The molecule has 160 valence electrons. The van der Waals surface area contributed by atoms with Gasteiger partial charge < -0.3 is 15.5 Å². The number of aromatic hydroxyl groups is 1. The first-order chi connectivity index (χ1) is 14.9. The standard InChI is InChI=1S/C26H27NO4/c1-18(22-5-3-2-4-6-22)17-27-26(31)23-16-21(11-13-24(23)28)15-20-9-7-19(8-10-20)12-14-25(29)30/h2-11,13,16,18,28H,12,14-15,17H2,1H3,(H,27,31)(H,29,30). The number of nitrogens with one attached hydrogen (secondary N) is 1. The van der Waals surface area contributed by atoms with Crippen LogP contribution in [-0.4, -0.2) is 28.6 Å². The number of aliphatic carboxylic acids is 1. The lowest BCUT2D eigenvalue weighted by atomic mass is 9.99. The Balaban J connectivity index is 1.63. The lowest BCUT2D eigenvalue weighted by Gasteiger charge is -2.14. The predicted octanol–water partition coefficient (Wildman–Crippen LogP) is 4.53. The van der Waals surface area contributed by atoms with Gasteiger partial charge in [0.1, 0.15) is 5.75 Å². The zero-order valence-electron chi connectivity index (χ0n) is 17.5. The molecule has 0 aliphatic rings. The normalized spacial score (nSPS) is 11.6. The molecule has 0 aromatic heterocycles. The molecule has 5 heteroatoms. The van der Waals surface area contributed by atoms with E-state index in [1.807, 2.05) is 61.5 Å². The van der Waals surface area contributed by atoms with E-state index in [4.69, 9.17) is 5.11 Å². The number of hydrogen-bond acceptors (Lipinski definition) is 3. The molecule has 3 N–H and O–H groups in total. The first-order valence-electron chi connectivity index (χ1n) is 10.4. The molecule has 0 aliphatic heterocycles. The van der Waals surface area contributed by atoms with Crippen molar-refractivity contribution in [1.29, 1.82) is 0 Å². The van der Waals surface area contributed by atoms with E-state index in [-0.39, 0.29) is 29.6 Å². The highest BCUT2D eigenvalue weighted by molar-refractivity contribution is 5.97. The summed E-state index contributed by atoms with van der Waals surface area (Å²) in [5, 5.41) is 21.9. The number of phenolic OH excluding ortho intramolecular Hbond substituents is 1. The molecule has 0 spiro atoms. The van der Waals surface area contributed by atoms with Crippen molar-refractivity contribution in [3.8, 4) is 5.75 Å². The summed E-state index contributed by atoms with van der Waals surface area (Å²) < 4.78 is 0. The first-order valence-corrected chi connectivity index (χ1v) is 10.4. The maximum Gasteiger partial charge on any atom is 0.303 e. The van der Waals surface area contributed by atoms with Crippen LogP contribution in [-0.2, 0) is 17.6 Å². The van der Waals surface area contributed by atoms with E-state index in [9.17, 15) is 14.7 Å². The lowest BCUT2D eigenvalue weighted by molar-refractivity contribution is -0.136. The summed E-state index contributed by atoms with van der Waals surface area (Å²) in [6, 6.07) is 22.8. The monoisotopic (exact) mass is 417 g/mol. The molecule has 1 unspecified atom stereocenters. The van der Waals surface area contributed by atoms with E-state index in [1.54, 1.807) is 18.2 Å². The molecule has 0 radical (unpaired) electrons. The number of carbonyl (C=O) groups excluding carboxylic acids is 1. The Labute approximate surface area is 182 Å². The lowest BCUT2D eigenvalue weighted by Crippen LogP contribution is -2.27. The second-order valence-electron chi connectivity index (χ2n) is 7.76. The zero-order chi connectivity index (χ0) is 22.2. The molecule has 3 rings (SSSR count). The number of amides is 1. The number of carbonyl (C=O) groups is 2. The fraction of sp³-hybridized carbons (Fsp3) is 0.231. The average Bonchev–Trinajstić information content (AvgIpc) is 2.78. The van der Waals surface area contributed by atoms with Crippen LogP contribution in [0.4, 0.5) is 0 Å². The molecule has 0 saturated carbocycles. The van der Waals surface area contributed by atoms with Gasteiger partial charge in [0.05, 0.1) is 5.56 Å². The Bertz CT molecular complexity index is 1030. The van der Waals surface area contributed by atoms with E-state index in [0.717, 1.165) is 22.3 Å². The number of carboxylic acids is 1.